The number of hydrogen-bond acceptors (Lipinski definition) is 7. The molecular weight excluding hydrogens is 452 g/mol. The summed E-state index contributed by atoms with van der Waals surface area (Å²) in [5.41, 5.74) is 1.80. The number of methoxy groups -OCH3 is 2. The Hall–Kier alpha value is -2.59. The zero-order valence-corrected chi connectivity index (χ0v) is 19.7. The summed E-state index contributed by atoms with van der Waals surface area (Å²) in [6.07, 6.45) is 4.06. The summed E-state index contributed by atoms with van der Waals surface area (Å²) in [6, 6.07) is 4.47. The van der Waals surface area contributed by atoms with Gasteiger partial charge in [-0.3, -0.25) is 9.59 Å². The molecule has 2 N–H and O–H groups in total. The monoisotopic (exact) mass is 478 g/mol. The Morgan fingerprint density at radius 3 is 2.50 bits per heavy atom. The highest BCUT2D eigenvalue weighted by Crippen LogP contribution is 2.39. The van der Waals surface area contributed by atoms with Gasteiger partial charge in [0.1, 0.15) is 5.00 Å². The van der Waals surface area contributed by atoms with E-state index < -0.39 is 15.9 Å². The maximum absolute atomic E-state index is 13.2. The van der Waals surface area contributed by atoms with Crippen LogP contribution in [0.1, 0.15) is 50.4 Å². The number of aryl methyl sites for hydroxylation is 1. The van der Waals surface area contributed by atoms with Crippen LogP contribution in [0, 0.1) is 0 Å². The van der Waals surface area contributed by atoms with Crippen LogP contribution in [0.5, 0.6) is 11.5 Å². The molecule has 2 amide bonds. The molecule has 1 aliphatic heterocycles. The van der Waals surface area contributed by atoms with Crippen LogP contribution in [-0.2, 0) is 22.7 Å². The average Bonchev–Trinajstić information content (AvgIpc) is 3.31. The van der Waals surface area contributed by atoms with Gasteiger partial charge in [0.2, 0.25) is 0 Å². The van der Waals surface area contributed by atoms with Crippen LogP contribution in [-0.4, -0.2) is 52.0 Å². The Kier molecular flexibility index (Phi) is 6.43. The van der Waals surface area contributed by atoms with Gasteiger partial charge in [0.15, 0.2) is 21.3 Å². The lowest BCUT2D eigenvalue weighted by molar-refractivity contribution is 0.0941. The SMILES string of the molecule is COc1ccc(C(=O)Nc2sc3c(c2C(=O)N[C@@H]2CCS(=O)(=O)C2)CCCC3)cc1OC. The number of amides is 2. The van der Waals surface area contributed by atoms with Gasteiger partial charge in [-0.1, -0.05) is 0 Å². The number of ether oxygens (including phenoxy) is 2. The first-order valence-electron chi connectivity index (χ1n) is 10.5. The van der Waals surface area contributed by atoms with Crippen molar-refractivity contribution in [3.05, 3.63) is 39.8 Å². The van der Waals surface area contributed by atoms with Crippen molar-refractivity contribution in [2.45, 2.75) is 38.1 Å². The summed E-state index contributed by atoms with van der Waals surface area (Å²) < 4.78 is 34.1. The van der Waals surface area contributed by atoms with E-state index in [-0.39, 0.29) is 23.3 Å². The van der Waals surface area contributed by atoms with Gasteiger partial charge in [0.25, 0.3) is 11.8 Å². The van der Waals surface area contributed by atoms with Gasteiger partial charge in [-0.15, -0.1) is 11.3 Å². The molecule has 2 heterocycles. The normalized spacial score (nSPS) is 19.1. The predicted molar refractivity (Wildman–Crippen MR) is 123 cm³/mol. The summed E-state index contributed by atoms with van der Waals surface area (Å²) in [5.74, 6) is 0.311. The highest BCUT2D eigenvalue weighted by Gasteiger charge is 2.32. The van der Waals surface area contributed by atoms with E-state index in [4.69, 9.17) is 9.47 Å². The van der Waals surface area contributed by atoms with Crippen molar-refractivity contribution in [3.63, 3.8) is 0 Å². The molecule has 32 heavy (non-hydrogen) atoms. The van der Waals surface area contributed by atoms with Crippen molar-refractivity contribution >= 4 is 38.0 Å². The second-order valence-electron chi connectivity index (χ2n) is 8.01. The Morgan fingerprint density at radius 2 is 1.81 bits per heavy atom. The van der Waals surface area contributed by atoms with Crippen molar-refractivity contribution in [2.24, 2.45) is 0 Å². The van der Waals surface area contributed by atoms with Crippen molar-refractivity contribution in [2.75, 3.05) is 31.0 Å². The first-order valence-corrected chi connectivity index (χ1v) is 13.1. The molecule has 172 valence electrons. The van der Waals surface area contributed by atoms with Crippen LogP contribution in [0.25, 0.3) is 0 Å². The van der Waals surface area contributed by atoms with E-state index in [1.807, 2.05) is 0 Å². The zero-order valence-electron chi connectivity index (χ0n) is 18.0. The molecule has 0 radical (unpaired) electrons. The Balaban J connectivity index is 1.60. The largest absolute Gasteiger partial charge is 0.493 e. The number of hydrogen-bond donors (Lipinski definition) is 2. The van der Waals surface area contributed by atoms with Crippen molar-refractivity contribution in [1.29, 1.82) is 0 Å². The summed E-state index contributed by atoms with van der Waals surface area (Å²) >= 11 is 1.42. The van der Waals surface area contributed by atoms with Crippen LogP contribution in [0.3, 0.4) is 0 Å². The topological polar surface area (TPSA) is 111 Å². The van der Waals surface area contributed by atoms with E-state index in [1.165, 1.54) is 25.6 Å². The fourth-order valence-corrected chi connectivity index (χ4v) is 7.17. The maximum Gasteiger partial charge on any atom is 0.256 e. The van der Waals surface area contributed by atoms with E-state index in [9.17, 15) is 18.0 Å². The molecule has 2 aliphatic rings. The minimum Gasteiger partial charge on any atom is -0.493 e. The van der Waals surface area contributed by atoms with E-state index in [0.29, 0.717) is 34.0 Å². The van der Waals surface area contributed by atoms with Gasteiger partial charge in [0.05, 0.1) is 31.3 Å². The molecule has 8 nitrogen and oxygen atoms in total. The van der Waals surface area contributed by atoms with Gasteiger partial charge >= 0.3 is 0 Å². The van der Waals surface area contributed by atoms with Crippen LogP contribution in [0.2, 0.25) is 0 Å². The quantitative estimate of drug-likeness (QED) is 0.661. The van der Waals surface area contributed by atoms with Crippen molar-refractivity contribution < 1.29 is 27.5 Å². The molecule has 1 aliphatic carbocycles. The molecular formula is C22H26N2O6S2. The fourth-order valence-electron chi connectivity index (χ4n) is 4.21. The standard InChI is InChI=1S/C22H26N2O6S2/c1-29-16-8-7-13(11-17(16)30-2)20(25)24-22-19(15-5-3-4-6-18(15)31-22)21(26)23-14-9-10-32(27,28)12-14/h7-8,11,14H,3-6,9-10,12H2,1-2H3,(H,23,26)(H,24,25)/t14-/m1/s1. The molecule has 1 fully saturated rings. The van der Waals surface area contributed by atoms with Crippen molar-refractivity contribution in [1.82, 2.24) is 5.32 Å². The molecule has 1 aromatic carbocycles. The lowest BCUT2D eigenvalue weighted by atomic mass is 9.95. The van der Waals surface area contributed by atoms with E-state index in [0.717, 1.165) is 36.1 Å². The van der Waals surface area contributed by atoms with Crippen LogP contribution in [0.4, 0.5) is 5.00 Å². The number of carbonyl (C=O) groups excluding carboxylic acids is 2. The number of thiophene rings is 1. The average molecular weight is 479 g/mol. The summed E-state index contributed by atoms with van der Waals surface area (Å²) in [6.45, 7) is 0. The van der Waals surface area contributed by atoms with Gasteiger partial charge in [0, 0.05) is 16.5 Å². The number of anilines is 1. The zero-order chi connectivity index (χ0) is 22.9. The third-order valence-electron chi connectivity index (χ3n) is 5.84. The van der Waals surface area contributed by atoms with E-state index in [1.54, 1.807) is 18.2 Å². The van der Waals surface area contributed by atoms with Gasteiger partial charge in [-0.25, -0.2) is 8.42 Å². The number of fused-ring (bicyclic) bond motifs is 1. The fraction of sp³-hybridized carbons (Fsp3) is 0.455. The van der Waals surface area contributed by atoms with Gasteiger partial charge in [-0.2, -0.15) is 0 Å². The number of carbonyl (C=O) groups is 2. The summed E-state index contributed by atoms with van der Waals surface area (Å²) in [4.78, 5) is 27.3. The minimum atomic E-state index is -3.11. The van der Waals surface area contributed by atoms with Gasteiger partial charge in [-0.05, 0) is 55.9 Å². The maximum atomic E-state index is 13.2. The van der Waals surface area contributed by atoms with E-state index in [2.05, 4.69) is 10.6 Å². The van der Waals surface area contributed by atoms with Crippen LogP contribution < -0.4 is 20.1 Å². The number of rotatable bonds is 6. The van der Waals surface area contributed by atoms with Gasteiger partial charge < -0.3 is 20.1 Å². The number of benzene rings is 1. The third kappa shape index (κ3) is 4.61. The first kappa shape index (κ1) is 22.6. The molecule has 0 unspecified atom stereocenters. The van der Waals surface area contributed by atoms with Crippen LogP contribution in [0.15, 0.2) is 18.2 Å². The lowest BCUT2D eigenvalue weighted by Gasteiger charge is -2.15. The number of sulfone groups is 1. The first-order chi connectivity index (χ1) is 15.3. The second-order valence-corrected chi connectivity index (χ2v) is 11.3. The van der Waals surface area contributed by atoms with E-state index >= 15 is 0 Å². The Morgan fingerprint density at radius 1 is 1.06 bits per heavy atom. The molecule has 4 rings (SSSR count). The molecule has 1 atom stereocenters. The highest BCUT2D eigenvalue weighted by atomic mass is 32.2. The molecule has 1 saturated heterocycles. The molecule has 2 aromatic rings. The molecule has 0 bridgehead atoms. The molecule has 0 saturated carbocycles. The third-order valence-corrected chi connectivity index (χ3v) is 8.81. The predicted octanol–water partition coefficient (Wildman–Crippen LogP) is 2.81. The Bertz CT molecular complexity index is 1160. The molecule has 1 aromatic heterocycles. The highest BCUT2D eigenvalue weighted by molar-refractivity contribution is 7.91. The smallest absolute Gasteiger partial charge is 0.256 e. The lowest BCUT2D eigenvalue weighted by Crippen LogP contribution is -2.36. The summed E-state index contributed by atoms with van der Waals surface area (Å²) in [7, 11) is -0.0882. The van der Waals surface area contributed by atoms with Crippen molar-refractivity contribution in [3.8, 4) is 11.5 Å². The molecule has 10 heteroatoms. The van der Waals surface area contributed by atoms with Crippen LogP contribution >= 0.6 is 11.3 Å². The Labute approximate surface area is 191 Å². The molecule has 0 spiro atoms. The number of nitrogens with one attached hydrogen (secondary N) is 2. The second kappa shape index (κ2) is 9.11. The summed E-state index contributed by atoms with van der Waals surface area (Å²) in [5, 5.41) is 6.27. The minimum absolute atomic E-state index is 0.0433.